The summed E-state index contributed by atoms with van der Waals surface area (Å²) >= 11 is 3.15. The molecule has 47 heavy (non-hydrogen) atoms. The second kappa shape index (κ2) is 14.7. The molecule has 3 aliphatic rings. The molecular formula is C32H28IN5O7S2. The topological polar surface area (TPSA) is 156 Å². The third kappa shape index (κ3) is 6.92. The second-order valence-electron chi connectivity index (χ2n) is 10.7. The van der Waals surface area contributed by atoms with E-state index in [9.17, 15) is 23.4 Å². The van der Waals surface area contributed by atoms with E-state index in [1.807, 2.05) is 72.8 Å². The van der Waals surface area contributed by atoms with Crippen molar-refractivity contribution in [1.29, 1.82) is 0 Å². The van der Waals surface area contributed by atoms with Gasteiger partial charge in [-0.25, -0.2) is 9.78 Å². The Morgan fingerprint density at radius 3 is 2.47 bits per heavy atom. The van der Waals surface area contributed by atoms with Crippen molar-refractivity contribution in [3.05, 3.63) is 106 Å². The molecule has 4 atom stereocenters. The van der Waals surface area contributed by atoms with Gasteiger partial charge in [0.25, 0.3) is 11.8 Å². The summed E-state index contributed by atoms with van der Waals surface area (Å²) in [7, 11) is -1.63. The summed E-state index contributed by atoms with van der Waals surface area (Å²) in [6.07, 6.45) is 4.63. The first-order chi connectivity index (χ1) is 22.9. The van der Waals surface area contributed by atoms with Gasteiger partial charge in [0, 0.05) is 9.81 Å². The first kappa shape index (κ1) is 32.7. The molecule has 1 aliphatic carbocycles. The number of β-lactam (4-membered cyclic amide) rings is 1. The number of benzene rings is 2. The number of allylic oxidation sites excluding steroid dienone is 1. The number of fused-ring (bicyclic) bond motifs is 1. The molecule has 1 saturated heterocycles. The summed E-state index contributed by atoms with van der Waals surface area (Å²) in [5, 5.41) is 9.89. The molecular weight excluding hydrogens is 757 g/mol. The third-order valence-corrected chi connectivity index (χ3v) is 11.0. The van der Waals surface area contributed by atoms with Crippen LogP contribution < -0.4 is 10.6 Å². The number of nitrogens with one attached hydrogen (secondary N) is 2. The van der Waals surface area contributed by atoms with Gasteiger partial charge in [0.15, 0.2) is 16.9 Å². The lowest BCUT2D eigenvalue weighted by atomic mass is 10.0. The zero-order valence-electron chi connectivity index (χ0n) is 24.6. The zero-order valence-corrected chi connectivity index (χ0v) is 28.4. The van der Waals surface area contributed by atoms with E-state index in [0.29, 0.717) is 22.8 Å². The maximum atomic E-state index is 13.9. The Kier molecular flexibility index (Phi) is 10.2. The number of ether oxygens (including phenoxy) is 1. The van der Waals surface area contributed by atoms with Gasteiger partial charge in [0.05, 0.1) is 16.6 Å². The van der Waals surface area contributed by atoms with E-state index >= 15 is 0 Å². The number of rotatable bonds is 12. The Bertz CT molecular complexity index is 1760. The van der Waals surface area contributed by atoms with Gasteiger partial charge in [0.2, 0.25) is 6.41 Å². The molecule has 1 fully saturated rings. The fourth-order valence-electron chi connectivity index (χ4n) is 5.42. The highest BCUT2D eigenvalue weighted by atomic mass is 127. The van der Waals surface area contributed by atoms with E-state index in [0.717, 1.165) is 28.9 Å². The average molecular weight is 786 g/mol. The van der Waals surface area contributed by atoms with Crippen LogP contribution in [0.2, 0.25) is 0 Å². The summed E-state index contributed by atoms with van der Waals surface area (Å²) in [5.74, 6) is -2.10. The lowest BCUT2D eigenvalue weighted by molar-refractivity contribution is -0.154. The van der Waals surface area contributed by atoms with Crippen LogP contribution in [0.1, 0.15) is 35.8 Å². The number of thiazole rings is 1. The number of alkyl halides is 1. The molecule has 2 aliphatic heterocycles. The number of hydrogen-bond donors (Lipinski definition) is 2. The highest BCUT2D eigenvalue weighted by molar-refractivity contribution is 14.1. The van der Waals surface area contributed by atoms with E-state index in [2.05, 4.69) is 43.4 Å². The van der Waals surface area contributed by atoms with Crippen molar-refractivity contribution >= 4 is 79.8 Å². The first-order valence-corrected chi connectivity index (χ1v) is 18.3. The van der Waals surface area contributed by atoms with Crippen molar-refractivity contribution in [3.8, 4) is 0 Å². The Balaban J connectivity index is 1.24. The Morgan fingerprint density at radius 2 is 1.85 bits per heavy atom. The van der Waals surface area contributed by atoms with Crippen LogP contribution in [-0.4, -0.2) is 71.7 Å². The smallest absolute Gasteiger partial charge is 0.356 e. The van der Waals surface area contributed by atoms with Crippen molar-refractivity contribution in [2.45, 2.75) is 36.5 Å². The minimum Gasteiger partial charge on any atom is -0.448 e. The van der Waals surface area contributed by atoms with Gasteiger partial charge in [-0.15, -0.1) is 11.3 Å². The van der Waals surface area contributed by atoms with Gasteiger partial charge in [0.1, 0.15) is 28.9 Å². The van der Waals surface area contributed by atoms with Crippen molar-refractivity contribution in [2.24, 2.45) is 5.16 Å². The number of aromatic nitrogens is 1. The largest absolute Gasteiger partial charge is 0.448 e. The maximum Gasteiger partial charge on any atom is 0.356 e. The molecule has 242 valence electrons. The summed E-state index contributed by atoms with van der Waals surface area (Å²) in [6.45, 7) is 0. The van der Waals surface area contributed by atoms with Crippen LogP contribution >= 0.6 is 33.9 Å². The summed E-state index contributed by atoms with van der Waals surface area (Å²) in [5.41, 5.74) is 1.94. The van der Waals surface area contributed by atoms with Crippen LogP contribution in [0.3, 0.4) is 0 Å². The van der Waals surface area contributed by atoms with Crippen molar-refractivity contribution < 1.29 is 33.0 Å². The number of oxime groups is 1. The number of carbonyl (C=O) groups excluding carboxylic acids is 4. The molecule has 0 saturated carbocycles. The van der Waals surface area contributed by atoms with Crippen molar-refractivity contribution in [2.75, 3.05) is 15.5 Å². The molecule has 3 heterocycles. The minimum atomic E-state index is -1.63. The molecule has 1 aromatic heterocycles. The lowest BCUT2D eigenvalue weighted by Crippen LogP contribution is -2.74. The predicted octanol–water partition coefficient (Wildman–Crippen LogP) is 3.59. The van der Waals surface area contributed by atoms with E-state index in [4.69, 9.17) is 9.57 Å². The molecule has 15 heteroatoms. The number of amides is 3. The van der Waals surface area contributed by atoms with Gasteiger partial charge in [-0.1, -0.05) is 94.5 Å². The minimum absolute atomic E-state index is 0.0282. The first-order valence-electron chi connectivity index (χ1n) is 14.6. The number of nitrogens with zero attached hydrogens (tertiary/aromatic N) is 3. The van der Waals surface area contributed by atoms with Gasteiger partial charge in [-0.3, -0.25) is 23.5 Å². The number of esters is 1. The van der Waals surface area contributed by atoms with Crippen molar-refractivity contribution in [3.63, 3.8) is 0 Å². The van der Waals surface area contributed by atoms with Crippen LogP contribution in [0.15, 0.2) is 94.6 Å². The normalized spacial score (nSPS) is 22.0. The predicted molar refractivity (Wildman–Crippen MR) is 184 cm³/mol. The molecule has 2 N–H and O–H groups in total. The van der Waals surface area contributed by atoms with Crippen molar-refractivity contribution in [1.82, 2.24) is 15.2 Å². The highest BCUT2D eigenvalue weighted by Crippen LogP contribution is 2.37. The highest BCUT2D eigenvalue weighted by Gasteiger charge is 2.57. The van der Waals surface area contributed by atoms with E-state index in [-0.39, 0.29) is 34.1 Å². The van der Waals surface area contributed by atoms with Crippen LogP contribution in [-0.2, 0) is 39.6 Å². The standard InChI is InChI=1S/C32H28IN5O7S2/c33-15-21-17-47(43)30-25(36-28(40)24(37-45-22-13-7-8-14-22)23-16-46-32(35-23)34-18-39)29(41)38(30)26(21)31(42)44-27(19-9-3-1-4-10-19)20-11-5-2-6-12-20/h1-7,9-13,16,18,22,25,27,30H,8,14-15,17H2,(H,36,40)(H,34,35,39)/t22?,25-,30-,47?/m0/s1. The summed E-state index contributed by atoms with van der Waals surface area (Å²) in [4.78, 5) is 63.1. The van der Waals surface area contributed by atoms with Crippen LogP contribution in [0.4, 0.5) is 5.13 Å². The Hall–Kier alpha value is -4.22. The van der Waals surface area contributed by atoms with Crippen LogP contribution in [0, 0.1) is 0 Å². The molecule has 2 aromatic carbocycles. The average Bonchev–Trinajstić information content (AvgIpc) is 3.79. The molecule has 6 rings (SSSR count). The number of hydrogen-bond acceptors (Lipinski definition) is 10. The summed E-state index contributed by atoms with van der Waals surface area (Å²) < 4.78 is 19.9. The van der Waals surface area contributed by atoms with Gasteiger partial charge < -0.3 is 20.2 Å². The Morgan fingerprint density at radius 1 is 1.15 bits per heavy atom. The van der Waals surface area contributed by atoms with Gasteiger partial charge in [-0.05, 0) is 35.6 Å². The van der Waals surface area contributed by atoms with Gasteiger partial charge in [-0.2, -0.15) is 0 Å². The van der Waals surface area contributed by atoms with E-state index < -0.39 is 46.1 Å². The molecule has 12 nitrogen and oxygen atoms in total. The monoisotopic (exact) mass is 785 g/mol. The number of carbonyl (C=O) groups is 4. The lowest BCUT2D eigenvalue weighted by Gasteiger charge is -2.49. The number of anilines is 1. The van der Waals surface area contributed by atoms with Crippen LogP contribution in [0.25, 0.3) is 0 Å². The number of halogens is 1. The third-order valence-electron chi connectivity index (χ3n) is 7.67. The summed E-state index contributed by atoms with van der Waals surface area (Å²) in [6, 6.07) is 17.3. The van der Waals surface area contributed by atoms with Gasteiger partial charge >= 0.3 is 5.97 Å². The Labute approximate surface area is 289 Å². The molecule has 0 bridgehead atoms. The zero-order chi connectivity index (χ0) is 32.9. The molecule has 0 spiro atoms. The fourth-order valence-corrected chi connectivity index (χ4v) is 8.75. The molecule has 0 radical (unpaired) electrons. The van der Waals surface area contributed by atoms with E-state index in [1.54, 1.807) is 0 Å². The quantitative estimate of drug-likeness (QED) is 0.0413. The SMILES string of the molecule is O=CNc1nc(C(=NOC2C=CCC2)C(=O)N[C@H]2C(=O)N3C(C(=O)OC(c4ccccc4)c4ccccc4)=C(CI)CS(=O)[C@@H]23)cs1. The molecule has 2 unspecified atom stereocenters. The second-order valence-corrected chi connectivity index (χ2v) is 13.8. The van der Waals surface area contributed by atoms with Crippen LogP contribution in [0.5, 0.6) is 0 Å². The van der Waals surface area contributed by atoms with E-state index in [1.165, 1.54) is 10.3 Å². The fraction of sp³-hybridized carbons (Fsp3) is 0.250. The molecule has 3 amide bonds. The molecule has 3 aromatic rings. The maximum absolute atomic E-state index is 13.9.